The van der Waals surface area contributed by atoms with Gasteiger partial charge in [0.05, 0.1) is 15.9 Å². The molecule has 0 saturated heterocycles. The average Bonchev–Trinajstić information content (AvgIpc) is 2.37. The lowest BCUT2D eigenvalue weighted by atomic mass is 10.2. The van der Waals surface area contributed by atoms with Crippen molar-refractivity contribution in [2.75, 3.05) is 11.9 Å². The average molecular weight is 282 g/mol. The number of benzene rings is 1. The van der Waals surface area contributed by atoms with Crippen LogP contribution in [0.3, 0.4) is 0 Å². The summed E-state index contributed by atoms with van der Waals surface area (Å²) in [5.41, 5.74) is 4.50. The monoisotopic (exact) mass is 282 g/mol. The van der Waals surface area contributed by atoms with Crippen molar-refractivity contribution < 1.29 is 14.6 Å². The van der Waals surface area contributed by atoms with E-state index in [2.05, 4.69) is 5.32 Å². The summed E-state index contributed by atoms with van der Waals surface area (Å²) in [6, 6.07) is 3.40. The summed E-state index contributed by atoms with van der Waals surface area (Å²) in [6.45, 7) is 0.409. The third kappa shape index (κ3) is 4.52. The van der Waals surface area contributed by atoms with E-state index in [-0.39, 0.29) is 23.5 Å². The first-order chi connectivity index (χ1) is 9.41. The van der Waals surface area contributed by atoms with E-state index < -0.39 is 15.8 Å². The standard InChI is InChI=1S/C11H14N4O5/c12-11(16)3-1-2-6-13-9-5-4-8(14(17)18)7-10(9)15(19)20/h4-5,7,13H,1-3,6H2,(H2,12,16). The second kappa shape index (κ2) is 7.02. The minimum atomic E-state index is -0.691. The third-order valence-electron chi connectivity index (χ3n) is 2.55. The SMILES string of the molecule is NC(=O)CCCCNc1ccc([N+](=O)[O-])cc1[N+](=O)[O-]. The second-order valence-electron chi connectivity index (χ2n) is 4.07. The number of nitrogens with one attached hydrogen (secondary N) is 1. The van der Waals surface area contributed by atoms with E-state index in [0.717, 1.165) is 6.07 Å². The van der Waals surface area contributed by atoms with Crippen LogP contribution in [0.25, 0.3) is 0 Å². The van der Waals surface area contributed by atoms with E-state index in [1.165, 1.54) is 12.1 Å². The smallest absolute Gasteiger partial charge is 0.299 e. The molecular weight excluding hydrogens is 268 g/mol. The fourth-order valence-corrected chi connectivity index (χ4v) is 1.58. The number of amides is 1. The first-order valence-electron chi connectivity index (χ1n) is 5.87. The van der Waals surface area contributed by atoms with Crippen LogP contribution in [0.15, 0.2) is 18.2 Å². The van der Waals surface area contributed by atoms with Crippen LogP contribution < -0.4 is 11.1 Å². The van der Waals surface area contributed by atoms with Crippen LogP contribution in [-0.4, -0.2) is 22.3 Å². The van der Waals surface area contributed by atoms with Crippen LogP contribution in [-0.2, 0) is 4.79 Å². The Balaban J connectivity index is 2.67. The number of primary amides is 1. The number of carbonyl (C=O) groups is 1. The van der Waals surface area contributed by atoms with E-state index in [4.69, 9.17) is 5.73 Å². The van der Waals surface area contributed by atoms with Gasteiger partial charge in [0.2, 0.25) is 5.91 Å². The number of nitrogens with two attached hydrogens (primary N) is 1. The topological polar surface area (TPSA) is 141 Å². The Labute approximate surface area is 114 Å². The van der Waals surface area contributed by atoms with Crippen LogP contribution in [0.5, 0.6) is 0 Å². The number of carbonyl (C=O) groups excluding carboxylic acids is 1. The summed E-state index contributed by atoms with van der Waals surface area (Å²) in [4.78, 5) is 30.6. The number of hydrogen-bond donors (Lipinski definition) is 2. The van der Waals surface area contributed by atoms with Gasteiger partial charge in [0.15, 0.2) is 0 Å². The highest BCUT2D eigenvalue weighted by molar-refractivity contribution is 5.73. The molecular formula is C11H14N4O5. The summed E-state index contributed by atoms with van der Waals surface area (Å²) in [6.07, 6.45) is 1.43. The molecule has 1 aromatic carbocycles. The highest BCUT2D eigenvalue weighted by atomic mass is 16.6. The molecule has 0 aliphatic heterocycles. The molecule has 0 fully saturated rings. The van der Waals surface area contributed by atoms with Gasteiger partial charge in [-0.25, -0.2) is 0 Å². The van der Waals surface area contributed by atoms with Crippen LogP contribution in [0, 0.1) is 20.2 Å². The minimum Gasteiger partial charge on any atom is -0.379 e. The van der Waals surface area contributed by atoms with Crippen molar-refractivity contribution in [2.24, 2.45) is 5.73 Å². The predicted octanol–water partition coefficient (Wildman–Crippen LogP) is 1.57. The Morgan fingerprint density at radius 1 is 1.20 bits per heavy atom. The van der Waals surface area contributed by atoms with E-state index in [1.807, 2.05) is 0 Å². The lowest BCUT2D eigenvalue weighted by Gasteiger charge is -2.06. The van der Waals surface area contributed by atoms with Gasteiger partial charge in [-0.3, -0.25) is 25.0 Å². The van der Waals surface area contributed by atoms with E-state index in [0.29, 0.717) is 19.4 Å². The van der Waals surface area contributed by atoms with Gasteiger partial charge in [-0.2, -0.15) is 0 Å². The van der Waals surface area contributed by atoms with Crippen LogP contribution in [0.2, 0.25) is 0 Å². The highest BCUT2D eigenvalue weighted by Gasteiger charge is 2.18. The molecule has 0 heterocycles. The highest BCUT2D eigenvalue weighted by Crippen LogP contribution is 2.28. The number of nitrogens with zero attached hydrogens (tertiary/aromatic N) is 2. The molecule has 0 spiro atoms. The van der Waals surface area contributed by atoms with Crippen molar-refractivity contribution in [1.82, 2.24) is 0 Å². The van der Waals surface area contributed by atoms with Gasteiger partial charge in [0, 0.05) is 19.0 Å². The van der Waals surface area contributed by atoms with Crippen molar-refractivity contribution in [3.8, 4) is 0 Å². The van der Waals surface area contributed by atoms with Gasteiger partial charge in [-0.05, 0) is 18.9 Å². The maximum Gasteiger partial charge on any atom is 0.299 e. The second-order valence-corrected chi connectivity index (χ2v) is 4.07. The minimum absolute atomic E-state index is 0.208. The molecule has 0 aromatic heterocycles. The zero-order valence-corrected chi connectivity index (χ0v) is 10.6. The van der Waals surface area contributed by atoms with E-state index >= 15 is 0 Å². The number of nitro benzene ring substituents is 2. The Hall–Kier alpha value is -2.71. The number of hydrogen-bond acceptors (Lipinski definition) is 6. The van der Waals surface area contributed by atoms with Crippen LogP contribution in [0.4, 0.5) is 17.1 Å². The number of rotatable bonds is 8. The molecule has 3 N–H and O–H groups in total. The van der Waals surface area contributed by atoms with Gasteiger partial charge < -0.3 is 11.1 Å². The Kier molecular flexibility index (Phi) is 5.39. The van der Waals surface area contributed by atoms with Gasteiger partial charge >= 0.3 is 0 Å². The van der Waals surface area contributed by atoms with Gasteiger partial charge in [-0.1, -0.05) is 0 Å². The van der Waals surface area contributed by atoms with Crippen LogP contribution in [0.1, 0.15) is 19.3 Å². The fraction of sp³-hybridized carbons (Fsp3) is 0.364. The molecule has 0 atom stereocenters. The molecule has 0 aliphatic rings. The van der Waals surface area contributed by atoms with Crippen molar-refractivity contribution in [3.63, 3.8) is 0 Å². The fourth-order valence-electron chi connectivity index (χ4n) is 1.58. The van der Waals surface area contributed by atoms with Crippen molar-refractivity contribution in [2.45, 2.75) is 19.3 Å². The number of non-ortho nitro benzene ring substituents is 1. The van der Waals surface area contributed by atoms with Crippen LogP contribution >= 0.6 is 0 Å². The molecule has 1 amide bonds. The zero-order valence-electron chi connectivity index (χ0n) is 10.6. The van der Waals surface area contributed by atoms with Gasteiger partial charge in [0.25, 0.3) is 11.4 Å². The molecule has 0 aliphatic carbocycles. The Morgan fingerprint density at radius 3 is 2.45 bits per heavy atom. The molecule has 1 rings (SSSR count). The summed E-state index contributed by atoms with van der Waals surface area (Å²) >= 11 is 0. The molecule has 0 saturated carbocycles. The zero-order chi connectivity index (χ0) is 15.1. The maximum absolute atomic E-state index is 10.9. The molecule has 9 heteroatoms. The molecule has 108 valence electrons. The summed E-state index contributed by atoms with van der Waals surface area (Å²) < 4.78 is 0. The molecule has 9 nitrogen and oxygen atoms in total. The first kappa shape index (κ1) is 15.3. The summed E-state index contributed by atoms with van der Waals surface area (Å²) in [7, 11) is 0. The molecule has 20 heavy (non-hydrogen) atoms. The number of anilines is 1. The largest absolute Gasteiger partial charge is 0.379 e. The number of unbranched alkanes of at least 4 members (excludes halogenated alkanes) is 1. The normalized spacial score (nSPS) is 10.0. The lowest BCUT2D eigenvalue weighted by Crippen LogP contribution is -2.11. The van der Waals surface area contributed by atoms with Crippen molar-refractivity contribution in [1.29, 1.82) is 0 Å². The molecule has 0 bridgehead atoms. The maximum atomic E-state index is 10.9. The quantitative estimate of drug-likeness (QED) is 0.421. The summed E-state index contributed by atoms with van der Waals surface area (Å²) in [5.74, 6) is -0.397. The molecule has 1 aromatic rings. The van der Waals surface area contributed by atoms with E-state index in [1.54, 1.807) is 0 Å². The Morgan fingerprint density at radius 2 is 1.90 bits per heavy atom. The van der Waals surface area contributed by atoms with Crippen molar-refractivity contribution in [3.05, 3.63) is 38.4 Å². The Bertz CT molecular complexity index is 532. The van der Waals surface area contributed by atoms with Gasteiger partial charge in [-0.15, -0.1) is 0 Å². The summed E-state index contributed by atoms with van der Waals surface area (Å²) in [5, 5.41) is 24.2. The van der Waals surface area contributed by atoms with Crippen molar-refractivity contribution >= 4 is 23.0 Å². The third-order valence-corrected chi connectivity index (χ3v) is 2.55. The number of nitro groups is 2. The molecule has 0 unspecified atom stereocenters. The lowest BCUT2D eigenvalue weighted by molar-refractivity contribution is -0.393. The first-order valence-corrected chi connectivity index (χ1v) is 5.87. The molecule has 0 radical (unpaired) electrons. The van der Waals surface area contributed by atoms with E-state index in [9.17, 15) is 25.0 Å². The van der Waals surface area contributed by atoms with Gasteiger partial charge in [0.1, 0.15) is 5.69 Å². The predicted molar refractivity (Wildman–Crippen MR) is 71.3 cm³/mol.